The Kier molecular flexibility index (Phi) is 7.11. The Morgan fingerprint density at radius 1 is 1.33 bits per heavy atom. The predicted molar refractivity (Wildman–Crippen MR) is 94.1 cm³/mol. The minimum Gasteiger partial charge on any atom is -0.462 e. The summed E-state index contributed by atoms with van der Waals surface area (Å²) in [6, 6.07) is 6.54. The van der Waals surface area contributed by atoms with E-state index in [0.717, 1.165) is 18.6 Å². The molecule has 1 aliphatic heterocycles. The smallest absolute Gasteiger partial charge is 0.338 e. The number of unbranched alkanes of at least 4 members (excludes halogenated alkanes) is 1. The van der Waals surface area contributed by atoms with Crippen LogP contribution in [0.4, 0.5) is 5.69 Å². The maximum Gasteiger partial charge on any atom is 0.338 e. The van der Waals surface area contributed by atoms with Crippen LogP contribution >= 0.6 is 11.8 Å². The number of amides is 2. The molecule has 6 nitrogen and oxygen atoms in total. The molecule has 2 rings (SSSR count). The number of carbonyl (C=O) groups is 3. The van der Waals surface area contributed by atoms with Gasteiger partial charge in [-0.2, -0.15) is 0 Å². The first-order valence-electron chi connectivity index (χ1n) is 8.06. The quantitative estimate of drug-likeness (QED) is 0.582. The van der Waals surface area contributed by atoms with Gasteiger partial charge in [0.25, 0.3) is 0 Å². The van der Waals surface area contributed by atoms with Crippen LogP contribution in [0.2, 0.25) is 0 Å². The first kappa shape index (κ1) is 18.3. The SMILES string of the molecule is CCCCOC(=O)c1ccc(NC(=O)C[C@@H]2SCCNC2=O)cc1. The van der Waals surface area contributed by atoms with E-state index < -0.39 is 0 Å². The Morgan fingerprint density at radius 3 is 2.75 bits per heavy atom. The first-order chi connectivity index (χ1) is 11.6. The second-order valence-corrected chi connectivity index (χ2v) is 6.78. The minimum absolute atomic E-state index is 0.0911. The molecule has 2 amide bonds. The summed E-state index contributed by atoms with van der Waals surface area (Å²) in [5.74, 6) is 0.143. The Balaban J connectivity index is 1.83. The highest BCUT2D eigenvalue weighted by molar-refractivity contribution is 8.00. The third-order valence-corrected chi connectivity index (χ3v) is 4.74. The van der Waals surface area contributed by atoms with Crippen molar-refractivity contribution in [2.24, 2.45) is 0 Å². The van der Waals surface area contributed by atoms with Crippen molar-refractivity contribution in [3.05, 3.63) is 29.8 Å². The average Bonchev–Trinajstić information content (AvgIpc) is 2.58. The minimum atomic E-state index is -0.364. The molecule has 130 valence electrons. The molecule has 0 aromatic heterocycles. The molecule has 24 heavy (non-hydrogen) atoms. The van der Waals surface area contributed by atoms with Gasteiger partial charge in [0, 0.05) is 24.4 Å². The van der Waals surface area contributed by atoms with Crippen LogP contribution < -0.4 is 10.6 Å². The molecule has 7 heteroatoms. The van der Waals surface area contributed by atoms with Crippen LogP contribution in [0.1, 0.15) is 36.5 Å². The van der Waals surface area contributed by atoms with Crippen molar-refractivity contribution in [2.75, 3.05) is 24.2 Å². The normalized spacial score (nSPS) is 17.0. The molecule has 1 atom stereocenters. The van der Waals surface area contributed by atoms with Crippen LogP contribution in [0.3, 0.4) is 0 Å². The number of hydrogen-bond acceptors (Lipinski definition) is 5. The topological polar surface area (TPSA) is 84.5 Å². The molecule has 0 saturated carbocycles. The molecule has 1 saturated heterocycles. The van der Waals surface area contributed by atoms with Gasteiger partial charge >= 0.3 is 5.97 Å². The van der Waals surface area contributed by atoms with E-state index in [1.807, 2.05) is 6.92 Å². The summed E-state index contributed by atoms with van der Waals surface area (Å²) >= 11 is 1.49. The van der Waals surface area contributed by atoms with Crippen molar-refractivity contribution >= 4 is 35.2 Å². The van der Waals surface area contributed by atoms with Gasteiger partial charge in [0.1, 0.15) is 0 Å². The lowest BCUT2D eigenvalue weighted by Crippen LogP contribution is -2.40. The highest BCUT2D eigenvalue weighted by Gasteiger charge is 2.25. The molecule has 1 fully saturated rings. The van der Waals surface area contributed by atoms with Crippen molar-refractivity contribution in [2.45, 2.75) is 31.4 Å². The van der Waals surface area contributed by atoms with Crippen LogP contribution in [0.5, 0.6) is 0 Å². The van der Waals surface area contributed by atoms with Crippen molar-refractivity contribution in [1.82, 2.24) is 5.32 Å². The molecule has 1 aromatic rings. The molecule has 0 unspecified atom stereocenters. The van der Waals surface area contributed by atoms with Crippen LogP contribution in [0, 0.1) is 0 Å². The Bertz CT molecular complexity index is 589. The molecule has 0 radical (unpaired) electrons. The van der Waals surface area contributed by atoms with Gasteiger partial charge in [0.15, 0.2) is 0 Å². The standard InChI is InChI=1S/C17H22N2O4S/c1-2-3-9-23-17(22)12-4-6-13(7-5-12)19-15(20)11-14-16(21)18-8-10-24-14/h4-7,14H,2-3,8-11H2,1H3,(H,18,21)(H,19,20)/t14-/m0/s1. The van der Waals surface area contributed by atoms with Gasteiger partial charge in [0.05, 0.1) is 17.4 Å². The number of esters is 1. The molecule has 0 bridgehead atoms. The monoisotopic (exact) mass is 350 g/mol. The zero-order valence-electron chi connectivity index (χ0n) is 13.7. The maximum absolute atomic E-state index is 12.0. The largest absolute Gasteiger partial charge is 0.462 e. The summed E-state index contributed by atoms with van der Waals surface area (Å²) in [5, 5.41) is 5.15. The summed E-state index contributed by atoms with van der Waals surface area (Å²) < 4.78 is 5.13. The summed E-state index contributed by atoms with van der Waals surface area (Å²) in [6.45, 7) is 3.09. The number of carbonyl (C=O) groups excluding carboxylic acids is 3. The van der Waals surface area contributed by atoms with Crippen LogP contribution in [0.25, 0.3) is 0 Å². The number of thioether (sulfide) groups is 1. The lowest BCUT2D eigenvalue weighted by atomic mass is 10.2. The third kappa shape index (κ3) is 5.56. The third-order valence-electron chi connectivity index (χ3n) is 3.52. The molecular weight excluding hydrogens is 328 g/mol. The van der Waals surface area contributed by atoms with Crippen LogP contribution in [-0.2, 0) is 14.3 Å². The lowest BCUT2D eigenvalue weighted by Gasteiger charge is -2.20. The predicted octanol–water partition coefficient (Wildman–Crippen LogP) is 2.20. The average molecular weight is 350 g/mol. The molecule has 2 N–H and O–H groups in total. The zero-order chi connectivity index (χ0) is 17.4. The van der Waals surface area contributed by atoms with E-state index in [1.54, 1.807) is 24.3 Å². The molecular formula is C17H22N2O4S. The molecule has 0 aliphatic carbocycles. The van der Waals surface area contributed by atoms with E-state index >= 15 is 0 Å². The Morgan fingerprint density at radius 2 is 2.08 bits per heavy atom. The number of rotatable bonds is 7. The Labute approximate surface area is 145 Å². The molecule has 1 aromatic carbocycles. The van der Waals surface area contributed by atoms with Crippen molar-refractivity contribution in [1.29, 1.82) is 0 Å². The fourth-order valence-electron chi connectivity index (χ4n) is 2.18. The number of ether oxygens (including phenoxy) is 1. The molecule has 1 aliphatic rings. The van der Waals surface area contributed by atoms with Gasteiger partial charge in [0.2, 0.25) is 11.8 Å². The second kappa shape index (κ2) is 9.32. The number of nitrogens with one attached hydrogen (secondary N) is 2. The second-order valence-electron chi connectivity index (χ2n) is 5.47. The summed E-state index contributed by atoms with van der Waals surface area (Å²) in [5.41, 5.74) is 1.04. The molecule has 1 heterocycles. The maximum atomic E-state index is 12.0. The van der Waals surface area contributed by atoms with Crippen LogP contribution in [0.15, 0.2) is 24.3 Å². The van der Waals surface area contributed by atoms with Crippen molar-refractivity contribution < 1.29 is 19.1 Å². The van der Waals surface area contributed by atoms with E-state index in [1.165, 1.54) is 11.8 Å². The van der Waals surface area contributed by atoms with E-state index in [0.29, 0.717) is 24.4 Å². The first-order valence-corrected chi connectivity index (χ1v) is 9.11. The van der Waals surface area contributed by atoms with Crippen molar-refractivity contribution in [3.8, 4) is 0 Å². The number of anilines is 1. The number of hydrogen-bond donors (Lipinski definition) is 2. The molecule has 0 spiro atoms. The van der Waals surface area contributed by atoms with Gasteiger partial charge in [-0.25, -0.2) is 4.79 Å². The van der Waals surface area contributed by atoms with E-state index in [4.69, 9.17) is 4.74 Å². The summed E-state index contributed by atoms with van der Waals surface area (Å²) in [4.78, 5) is 35.5. The zero-order valence-corrected chi connectivity index (χ0v) is 14.5. The number of benzene rings is 1. The van der Waals surface area contributed by atoms with E-state index in [9.17, 15) is 14.4 Å². The van der Waals surface area contributed by atoms with Gasteiger partial charge in [-0.15, -0.1) is 11.8 Å². The van der Waals surface area contributed by atoms with Gasteiger partial charge in [-0.3, -0.25) is 9.59 Å². The lowest BCUT2D eigenvalue weighted by molar-refractivity contribution is -0.123. The van der Waals surface area contributed by atoms with Crippen LogP contribution in [-0.4, -0.2) is 41.9 Å². The van der Waals surface area contributed by atoms with Crippen molar-refractivity contribution in [3.63, 3.8) is 0 Å². The fraction of sp³-hybridized carbons (Fsp3) is 0.471. The van der Waals surface area contributed by atoms with E-state index in [2.05, 4.69) is 10.6 Å². The summed E-state index contributed by atoms with van der Waals surface area (Å²) in [6.07, 6.45) is 1.94. The Hall–Kier alpha value is -2.02. The van der Waals surface area contributed by atoms with Gasteiger partial charge < -0.3 is 15.4 Å². The highest BCUT2D eigenvalue weighted by Crippen LogP contribution is 2.19. The summed E-state index contributed by atoms with van der Waals surface area (Å²) in [7, 11) is 0. The highest BCUT2D eigenvalue weighted by atomic mass is 32.2. The van der Waals surface area contributed by atoms with E-state index in [-0.39, 0.29) is 29.5 Å². The van der Waals surface area contributed by atoms with Gasteiger partial charge in [-0.05, 0) is 30.7 Å². The fourth-order valence-corrected chi connectivity index (χ4v) is 3.19. The van der Waals surface area contributed by atoms with Gasteiger partial charge in [-0.1, -0.05) is 13.3 Å².